The molecule has 4 rings (SSSR count). The number of carbonyl (C=O) groups excluding carboxylic acids is 1. The molecule has 0 aromatic heterocycles. The average Bonchev–Trinajstić information content (AvgIpc) is 3.27. The Morgan fingerprint density at radius 1 is 1.11 bits per heavy atom. The lowest BCUT2D eigenvalue weighted by atomic mass is 9.92. The molecule has 188 valence electrons. The van der Waals surface area contributed by atoms with Crippen LogP contribution in [0.5, 0.6) is 11.5 Å². The first-order chi connectivity index (χ1) is 17.4. The lowest BCUT2D eigenvalue weighted by Crippen LogP contribution is -2.14. The minimum Gasteiger partial charge on any atom is -0.494 e. The van der Waals surface area contributed by atoms with Crippen molar-refractivity contribution in [3.8, 4) is 22.6 Å². The number of benzene rings is 3. The molecule has 0 saturated carbocycles. The zero-order chi connectivity index (χ0) is 25.7. The number of allylic oxidation sites excluding steroid dienone is 1. The van der Waals surface area contributed by atoms with Gasteiger partial charge in [-0.2, -0.15) is 0 Å². The van der Waals surface area contributed by atoms with Crippen LogP contribution in [0.1, 0.15) is 55.0 Å². The molecule has 3 aromatic rings. The van der Waals surface area contributed by atoms with Gasteiger partial charge in [-0.3, -0.25) is 4.79 Å². The van der Waals surface area contributed by atoms with E-state index in [1.807, 2.05) is 31.2 Å². The van der Waals surface area contributed by atoms with E-state index in [4.69, 9.17) is 9.47 Å². The van der Waals surface area contributed by atoms with Crippen LogP contribution in [0.15, 0.2) is 60.7 Å². The zero-order valence-electron chi connectivity index (χ0n) is 21.9. The Labute approximate surface area is 214 Å². The number of hydrogen-bond acceptors (Lipinski definition) is 4. The molecule has 0 fully saturated rings. The third-order valence-corrected chi connectivity index (χ3v) is 6.63. The van der Waals surface area contributed by atoms with Gasteiger partial charge in [0.2, 0.25) is 5.91 Å². The summed E-state index contributed by atoms with van der Waals surface area (Å²) in [5.74, 6) is 1.77. The van der Waals surface area contributed by atoms with Crippen LogP contribution < -0.4 is 20.1 Å². The van der Waals surface area contributed by atoms with Gasteiger partial charge >= 0.3 is 0 Å². The van der Waals surface area contributed by atoms with E-state index >= 15 is 0 Å². The number of amides is 1. The molecule has 1 amide bonds. The van der Waals surface area contributed by atoms with Gasteiger partial charge in [-0.05, 0) is 79.3 Å². The second-order valence-corrected chi connectivity index (χ2v) is 9.38. The number of likely N-dealkylation sites (N-methyl/N-ethyl adjacent to an activating group) is 1. The van der Waals surface area contributed by atoms with Crippen molar-refractivity contribution >= 4 is 17.2 Å². The Hall–Kier alpha value is -3.73. The van der Waals surface area contributed by atoms with Crippen molar-refractivity contribution < 1.29 is 14.3 Å². The number of nitrogens with one attached hydrogen (secondary N) is 2. The average molecular weight is 485 g/mol. The van der Waals surface area contributed by atoms with E-state index in [-0.39, 0.29) is 11.9 Å². The summed E-state index contributed by atoms with van der Waals surface area (Å²) < 4.78 is 12.2. The van der Waals surface area contributed by atoms with Gasteiger partial charge in [0.15, 0.2) is 0 Å². The standard InChI is InChI=1S/C31H36N2O3/c1-6-7-15-35-25-16-21(3)30(22(4)17-25)27-10-8-9-26-28(19-36-31(26)27)33-24-13-11-23(12-14-24)20(2)18-29(34)32-5/h8-14,16-18,28,33H,6-7,15,19H2,1-5H3,(H,32,34)/b20-18+. The molecule has 1 aliphatic rings. The van der Waals surface area contributed by atoms with Gasteiger partial charge in [0.1, 0.15) is 18.1 Å². The molecular formula is C31H36N2O3. The number of unbranched alkanes of at least 4 members (excludes halogenated alkanes) is 1. The number of para-hydroxylation sites is 1. The van der Waals surface area contributed by atoms with Gasteiger partial charge in [0.05, 0.1) is 12.6 Å². The molecule has 0 bridgehead atoms. The first-order valence-corrected chi connectivity index (χ1v) is 12.7. The van der Waals surface area contributed by atoms with E-state index < -0.39 is 0 Å². The summed E-state index contributed by atoms with van der Waals surface area (Å²) >= 11 is 0. The fourth-order valence-electron chi connectivity index (χ4n) is 4.71. The van der Waals surface area contributed by atoms with E-state index in [9.17, 15) is 4.79 Å². The minimum absolute atomic E-state index is 0.0607. The van der Waals surface area contributed by atoms with Crippen molar-refractivity contribution in [2.75, 3.05) is 25.6 Å². The van der Waals surface area contributed by atoms with Crippen LogP contribution in [0.25, 0.3) is 16.7 Å². The number of fused-ring (bicyclic) bond motifs is 1. The van der Waals surface area contributed by atoms with Gasteiger partial charge in [0.25, 0.3) is 0 Å². The van der Waals surface area contributed by atoms with Crippen molar-refractivity contribution in [3.05, 3.63) is 82.9 Å². The second-order valence-electron chi connectivity index (χ2n) is 9.38. The van der Waals surface area contributed by atoms with Crippen LogP contribution in [0, 0.1) is 13.8 Å². The predicted octanol–water partition coefficient (Wildman–Crippen LogP) is 6.84. The lowest BCUT2D eigenvalue weighted by Gasteiger charge is -2.17. The number of rotatable bonds is 9. The Balaban J connectivity index is 1.54. The molecular weight excluding hydrogens is 448 g/mol. The Kier molecular flexibility index (Phi) is 7.99. The largest absolute Gasteiger partial charge is 0.494 e. The third kappa shape index (κ3) is 5.56. The summed E-state index contributed by atoms with van der Waals surface area (Å²) in [4.78, 5) is 11.6. The quantitative estimate of drug-likeness (QED) is 0.258. The molecule has 2 N–H and O–H groups in total. The van der Waals surface area contributed by atoms with E-state index in [1.54, 1.807) is 13.1 Å². The van der Waals surface area contributed by atoms with Gasteiger partial charge < -0.3 is 20.1 Å². The molecule has 0 radical (unpaired) electrons. The monoisotopic (exact) mass is 484 g/mol. The highest BCUT2D eigenvalue weighted by Gasteiger charge is 2.27. The molecule has 1 unspecified atom stereocenters. The van der Waals surface area contributed by atoms with E-state index in [0.29, 0.717) is 6.61 Å². The Morgan fingerprint density at radius 2 is 1.83 bits per heavy atom. The number of aryl methyl sites for hydroxylation is 2. The summed E-state index contributed by atoms with van der Waals surface area (Å²) in [6.07, 6.45) is 3.79. The van der Waals surface area contributed by atoms with Crippen LogP contribution in [0.2, 0.25) is 0 Å². The number of anilines is 1. The molecule has 36 heavy (non-hydrogen) atoms. The maximum atomic E-state index is 11.6. The smallest absolute Gasteiger partial charge is 0.244 e. The number of carbonyl (C=O) groups is 1. The summed E-state index contributed by atoms with van der Waals surface area (Å²) in [7, 11) is 1.63. The molecule has 5 heteroatoms. The van der Waals surface area contributed by atoms with Crippen LogP contribution in [0.4, 0.5) is 5.69 Å². The summed E-state index contributed by atoms with van der Waals surface area (Å²) in [6, 6.07) is 18.9. The van der Waals surface area contributed by atoms with Crippen LogP contribution >= 0.6 is 0 Å². The number of hydrogen-bond donors (Lipinski definition) is 2. The van der Waals surface area contributed by atoms with Crippen LogP contribution in [0.3, 0.4) is 0 Å². The van der Waals surface area contributed by atoms with Gasteiger partial charge in [-0.25, -0.2) is 0 Å². The second kappa shape index (κ2) is 11.3. The predicted molar refractivity (Wildman–Crippen MR) is 148 cm³/mol. The van der Waals surface area contributed by atoms with E-state index in [1.165, 1.54) is 16.7 Å². The molecule has 1 heterocycles. The van der Waals surface area contributed by atoms with Crippen molar-refractivity contribution in [3.63, 3.8) is 0 Å². The Bertz CT molecular complexity index is 1240. The molecule has 5 nitrogen and oxygen atoms in total. The molecule has 0 spiro atoms. The molecule has 1 atom stereocenters. The first kappa shape index (κ1) is 25.4. The fourth-order valence-corrected chi connectivity index (χ4v) is 4.71. The summed E-state index contributed by atoms with van der Waals surface area (Å²) in [5.41, 5.74) is 8.82. The number of ether oxygens (including phenoxy) is 2. The van der Waals surface area contributed by atoms with Gasteiger partial charge in [-0.15, -0.1) is 0 Å². The molecule has 0 aliphatic carbocycles. The van der Waals surface area contributed by atoms with Crippen molar-refractivity contribution in [1.82, 2.24) is 5.32 Å². The van der Waals surface area contributed by atoms with Gasteiger partial charge in [-0.1, -0.05) is 43.7 Å². The molecule has 1 aliphatic heterocycles. The topological polar surface area (TPSA) is 59.6 Å². The van der Waals surface area contributed by atoms with E-state index in [0.717, 1.165) is 58.9 Å². The molecule has 3 aromatic carbocycles. The highest BCUT2D eigenvalue weighted by molar-refractivity contribution is 5.94. The SMILES string of the molecule is CCCCOc1cc(C)c(-c2cccc3c2OCC3Nc2ccc(/C(C)=C/C(=O)NC)cc2)c(C)c1. The maximum Gasteiger partial charge on any atom is 0.244 e. The normalized spacial score (nSPS) is 14.7. The Morgan fingerprint density at radius 3 is 2.50 bits per heavy atom. The third-order valence-electron chi connectivity index (χ3n) is 6.63. The highest BCUT2D eigenvalue weighted by atomic mass is 16.5. The summed E-state index contributed by atoms with van der Waals surface area (Å²) in [6.45, 7) is 9.71. The minimum atomic E-state index is -0.102. The zero-order valence-corrected chi connectivity index (χ0v) is 21.9. The molecule has 0 saturated heterocycles. The lowest BCUT2D eigenvalue weighted by molar-refractivity contribution is -0.116. The fraction of sp³-hybridized carbons (Fsp3) is 0.323. The first-order valence-electron chi connectivity index (χ1n) is 12.7. The van der Waals surface area contributed by atoms with Crippen LogP contribution in [-0.4, -0.2) is 26.2 Å². The summed E-state index contributed by atoms with van der Waals surface area (Å²) in [5, 5.41) is 6.24. The van der Waals surface area contributed by atoms with Crippen molar-refractivity contribution in [1.29, 1.82) is 0 Å². The highest BCUT2D eigenvalue weighted by Crippen LogP contribution is 2.44. The van der Waals surface area contributed by atoms with Crippen LogP contribution in [-0.2, 0) is 4.79 Å². The van der Waals surface area contributed by atoms with Crippen molar-refractivity contribution in [2.45, 2.75) is 46.6 Å². The maximum absolute atomic E-state index is 11.6. The van der Waals surface area contributed by atoms with Gasteiger partial charge in [0, 0.05) is 29.9 Å². The van der Waals surface area contributed by atoms with Crippen molar-refractivity contribution in [2.24, 2.45) is 0 Å². The van der Waals surface area contributed by atoms with E-state index in [2.05, 4.69) is 61.7 Å².